The van der Waals surface area contributed by atoms with Gasteiger partial charge in [0.25, 0.3) is 5.91 Å². The second-order valence-corrected chi connectivity index (χ2v) is 9.43. The van der Waals surface area contributed by atoms with Crippen molar-refractivity contribution in [2.24, 2.45) is 5.73 Å². The molecule has 3 N–H and O–H groups in total. The lowest BCUT2D eigenvalue weighted by Crippen LogP contribution is -2.60. The van der Waals surface area contributed by atoms with E-state index in [1.54, 1.807) is 21.6 Å². The Morgan fingerprint density at radius 2 is 1.86 bits per heavy atom. The number of benzene rings is 1. The fourth-order valence-corrected chi connectivity index (χ4v) is 4.16. The van der Waals surface area contributed by atoms with Crippen LogP contribution in [-0.4, -0.2) is 63.3 Å². The fraction of sp³-hybridized carbons (Fsp3) is 0.550. The summed E-state index contributed by atoms with van der Waals surface area (Å²) in [4.78, 5) is 41.3. The highest BCUT2D eigenvalue weighted by molar-refractivity contribution is 8.00. The molecule has 0 unspecified atom stereocenters. The number of amides is 4. The SMILES string of the molecule is CSC(C)(C)[C@H](N)C(=O)N1CCC2(CC1)C(=O)NC(=O)N2Cc1ccccc1. The number of hydrogen-bond donors (Lipinski definition) is 2. The van der Waals surface area contributed by atoms with Crippen LogP contribution < -0.4 is 11.1 Å². The van der Waals surface area contributed by atoms with E-state index in [-0.39, 0.29) is 22.6 Å². The highest BCUT2D eigenvalue weighted by Gasteiger charge is 2.54. The summed E-state index contributed by atoms with van der Waals surface area (Å²) in [6, 6.07) is 8.63. The summed E-state index contributed by atoms with van der Waals surface area (Å²) in [5.74, 6) is -0.372. The highest BCUT2D eigenvalue weighted by atomic mass is 32.2. The Labute approximate surface area is 170 Å². The van der Waals surface area contributed by atoms with Gasteiger partial charge in [-0.3, -0.25) is 14.9 Å². The number of carbonyl (C=O) groups is 3. The fourth-order valence-electron chi connectivity index (χ4n) is 3.80. The smallest absolute Gasteiger partial charge is 0.325 e. The number of urea groups is 1. The summed E-state index contributed by atoms with van der Waals surface area (Å²) in [6.45, 7) is 5.09. The molecule has 0 aliphatic carbocycles. The first-order valence-corrected chi connectivity index (χ1v) is 10.7. The zero-order valence-electron chi connectivity index (χ0n) is 16.6. The lowest BCUT2D eigenvalue weighted by molar-refractivity contribution is -0.139. The van der Waals surface area contributed by atoms with Gasteiger partial charge in [-0.05, 0) is 38.5 Å². The summed E-state index contributed by atoms with van der Waals surface area (Å²) >= 11 is 1.56. The van der Waals surface area contributed by atoms with Gasteiger partial charge in [0.1, 0.15) is 5.54 Å². The Morgan fingerprint density at radius 3 is 2.43 bits per heavy atom. The van der Waals surface area contributed by atoms with Crippen LogP contribution in [0.4, 0.5) is 4.79 Å². The van der Waals surface area contributed by atoms with Crippen LogP contribution in [-0.2, 0) is 16.1 Å². The van der Waals surface area contributed by atoms with Crippen molar-refractivity contribution >= 4 is 29.6 Å². The van der Waals surface area contributed by atoms with E-state index in [9.17, 15) is 14.4 Å². The van der Waals surface area contributed by atoms with Gasteiger partial charge >= 0.3 is 6.03 Å². The first-order chi connectivity index (χ1) is 13.2. The third kappa shape index (κ3) is 3.63. The minimum Gasteiger partial charge on any atom is -0.341 e. The van der Waals surface area contributed by atoms with Crippen LogP contribution in [0.5, 0.6) is 0 Å². The van der Waals surface area contributed by atoms with E-state index in [1.807, 2.05) is 50.4 Å². The third-order valence-electron chi connectivity index (χ3n) is 6.03. The Balaban J connectivity index is 1.74. The van der Waals surface area contributed by atoms with E-state index in [1.165, 1.54) is 0 Å². The molecular formula is C20H28N4O3S. The van der Waals surface area contributed by atoms with Gasteiger partial charge in [0.05, 0.1) is 6.04 Å². The number of hydrogen-bond acceptors (Lipinski definition) is 5. The van der Waals surface area contributed by atoms with Crippen LogP contribution in [0.1, 0.15) is 32.3 Å². The number of nitrogens with two attached hydrogens (primary N) is 1. The van der Waals surface area contributed by atoms with E-state index >= 15 is 0 Å². The molecule has 8 heteroatoms. The Bertz CT molecular complexity index is 760. The molecule has 7 nitrogen and oxygen atoms in total. The van der Waals surface area contributed by atoms with Crippen LogP contribution in [0, 0.1) is 0 Å². The molecule has 2 aliphatic rings. The zero-order chi connectivity index (χ0) is 20.5. The van der Waals surface area contributed by atoms with Crippen molar-refractivity contribution in [3.8, 4) is 0 Å². The van der Waals surface area contributed by atoms with E-state index in [0.29, 0.717) is 32.5 Å². The summed E-state index contributed by atoms with van der Waals surface area (Å²) in [5.41, 5.74) is 6.27. The number of thioether (sulfide) groups is 1. The first kappa shape index (κ1) is 20.7. The molecule has 28 heavy (non-hydrogen) atoms. The van der Waals surface area contributed by atoms with Crippen molar-refractivity contribution in [2.75, 3.05) is 19.3 Å². The lowest BCUT2D eigenvalue weighted by atomic mass is 9.85. The van der Waals surface area contributed by atoms with Gasteiger partial charge in [-0.25, -0.2) is 4.79 Å². The predicted octanol–water partition coefficient (Wildman–Crippen LogP) is 1.57. The van der Waals surface area contributed by atoms with Crippen LogP contribution in [0.15, 0.2) is 30.3 Å². The van der Waals surface area contributed by atoms with E-state index < -0.39 is 11.6 Å². The van der Waals surface area contributed by atoms with Gasteiger partial charge in [0, 0.05) is 24.4 Å². The minimum absolute atomic E-state index is 0.103. The van der Waals surface area contributed by atoms with E-state index in [4.69, 9.17) is 5.73 Å². The molecule has 2 fully saturated rings. The predicted molar refractivity (Wildman–Crippen MR) is 110 cm³/mol. The Morgan fingerprint density at radius 1 is 1.25 bits per heavy atom. The van der Waals surface area contributed by atoms with Crippen molar-refractivity contribution in [3.63, 3.8) is 0 Å². The highest BCUT2D eigenvalue weighted by Crippen LogP contribution is 2.35. The molecule has 1 spiro atoms. The van der Waals surface area contributed by atoms with Crippen molar-refractivity contribution in [2.45, 2.75) is 49.6 Å². The number of carbonyl (C=O) groups excluding carboxylic acids is 3. The molecule has 0 radical (unpaired) electrons. The summed E-state index contributed by atoms with van der Waals surface area (Å²) in [5, 5.41) is 2.46. The third-order valence-corrected chi connectivity index (χ3v) is 7.34. The van der Waals surface area contributed by atoms with Crippen LogP contribution in [0.3, 0.4) is 0 Å². The summed E-state index contributed by atoms with van der Waals surface area (Å²) in [7, 11) is 0. The molecule has 1 aromatic rings. The maximum atomic E-state index is 12.8. The molecule has 2 heterocycles. The monoisotopic (exact) mass is 404 g/mol. The Kier molecular flexibility index (Phi) is 5.72. The average Bonchev–Trinajstić information content (AvgIpc) is 2.92. The van der Waals surface area contributed by atoms with Crippen LogP contribution in [0.25, 0.3) is 0 Å². The van der Waals surface area contributed by atoms with E-state index in [0.717, 1.165) is 5.56 Å². The molecule has 2 aliphatic heterocycles. The number of piperidine rings is 1. The minimum atomic E-state index is -0.900. The number of likely N-dealkylation sites (tertiary alicyclic amines) is 1. The molecule has 1 aromatic carbocycles. The molecule has 152 valence electrons. The zero-order valence-corrected chi connectivity index (χ0v) is 17.4. The maximum absolute atomic E-state index is 12.8. The number of nitrogens with zero attached hydrogens (tertiary/aromatic N) is 2. The van der Waals surface area contributed by atoms with E-state index in [2.05, 4.69) is 5.32 Å². The molecule has 1 atom stereocenters. The van der Waals surface area contributed by atoms with Crippen LogP contribution >= 0.6 is 11.8 Å². The topological polar surface area (TPSA) is 95.7 Å². The molecule has 0 bridgehead atoms. The second-order valence-electron chi connectivity index (χ2n) is 7.97. The van der Waals surface area contributed by atoms with Crippen molar-refractivity contribution in [1.29, 1.82) is 0 Å². The van der Waals surface area contributed by atoms with Gasteiger partial charge in [-0.15, -0.1) is 0 Å². The normalized spacial score (nSPS) is 20.4. The second kappa shape index (κ2) is 7.75. The van der Waals surface area contributed by atoms with Gasteiger partial charge in [0.15, 0.2) is 0 Å². The van der Waals surface area contributed by atoms with Gasteiger partial charge < -0.3 is 15.5 Å². The van der Waals surface area contributed by atoms with Crippen molar-refractivity contribution in [1.82, 2.24) is 15.1 Å². The Hall–Kier alpha value is -2.06. The average molecular weight is 405 g/mol. The molecule has 0 aromatic heterocycles. The van der Waals surface area contributed by atoms with Crippen molar-refractivity contribution < 1.29 is 14.4 Å². The summed E-state index contributed by atoms with van der Waals surface area (Å²) < 4.78 is -0.369. The van der Waals surface area contributed by atoms with Gasteiger partial charge in [0.2, 0.25) is 5.91 Å². The first-order valence-electron chi connectivity index (χ1n) is 9.48. The summed E-state index contributed by atoms with van der Waals surface area (Å²) in [6.07, 6.45) is 2.76. The van der Waals surface area contributed by atoms with Crippen molar-refractivity contribution in [3.05, 3.63) is 35.9 Å². The molecule has 4 amide bonds. The molecule has 3 rings (SSSR count). The number of rotatable bonds is 5. The van der Waals surface area contributed by atoms with Gasteiger partial charge in [-0.1, -0.05) is 30.3 Å². The maximum Gasteiger partial charge on any atom is 0.325 e. The van der Waals surface area contributed by atoms with Gasteiger partial charge in [-0.2, -0.15) is 11.8 Å². The van der Waals surface area contributed by atoms with Crippen LogP contribution in [0.2, 0.25) is 0 Å². The largest absolute Gasteiger partial charge is 0.341 e. The molecular weight excluding hydrogens is 376 g/mol. The lowest BCUT2D eigenvalue weighted by Gasteiger charge is -2.43. The number of nitrogens with one attached hydrogen (secondary N) is 1. The molecule has 0 saturated carbocycles. The standard InChI is InChI=1S/C20H28N4O3S/c1-19(2,28-3)15(21)16(25)23-11-9-20(10-12-23)17(26)22-18(27)24(20)13-14-7-5-4-6-8-14/h4-8,15H,9-13,21H2,1-3H3,(H,22,26,27)/t15-/m1/s1. The molecule has 2 saturated heterocycles. The number of imide groups is 1. The quantitative estimate of drug-likeness (QED) is 0.727.